The Kier molecular flexibility index (Phi) is 10.1. The minimum Gasteiger partial charge on any atom is -0.384 e. The number of aliphatic hydroxyl groups excluding tert-OH is 1. The predicted octanol–water partition coefficient (Wildman–Crippen LogP) is 12.5. The van der Waals surface area contributed by atoms with Gasteiger partial charge in [0.25, 0.3) is 0 Å². The molecule has 6 aromatic carbocycles. The minimum absolute atomic E-state index is 0.685. The summed E-state index contributed by atoms with van der Waals surface area (Å²) in [6.07, 6.45) is 1.75. The van der Waals surface area contributed by atoms with Gasteiger partial charge in [-0.05, 0) is 125 Å². The summed E-state index contributed by atoms with van der Waals surface area (Å²) in [5, 5.41) is 16.3. The molecule has 0 aliphatic carbocycles. The molecule has 0 spiro atoms. The van der Waals surface area contributed by atoms with Gasteiger partial charge in [-0.3, -0.25) is 4.79 Å². The lowest BCUT2D eigenvalue weighted by Gasteiger charge is -2.21. The summed E-state index contributed by atoms with van der Waals surface area (Å²) >= 11 is 19.3. The number of halogens is 4. The van der Waals surface area contributed by atoms with Gasteiger partial charge in [-0.1, -0.05) is 102 Å². The van der Waals surface area contributed by atoms with Gasteiger partial charge in [0, 0.05) is 30.1 Å². The van der Waals surface area contributed by atoms with E-state index >= 15 is 0 Å². The zero-order valence-electron chi connectivity index (χ0n) is 24.0. The van der Waals surface area contributed by atoms with Crippen LogP contribution in [0.3, 0.4) is 0 Å². The second-order valence-electron chi connectivity index (χ2n) is 10.4. The summed E-state index contributed by atoms with van der Waals surface area (Å²) in [4.78, 5) is 11.6. The third-order valence-electron chi connectivity index (χ3n) is 7.77. The van der Waals surface area contributed by atoms with Crippen LogP contribution in [-0.4, -0.2) is 11.4 Å². The molecule has 1 N–H and O–H groups in total. The zero-order valence-corrected chi connectivity index (χ0v) is 28.7. The largest absolute Gasteiger partial charge is 0.384 e. The van der Waals surface area contributed by atoms with Crippen LogP contribution in [-0.2, 0) is 0 Å². The van der Waals surface area contributed by atoms with Gasteiger partial charge in [0.1, 0.15) is 0 Å². The van der Waals surface area contributed by atoms with Crippen LogP contribution in [0.25, 0.3) is 43.8 Å². The summed E-state index contributed by atoms with van der Waals surface area (Å²) in [7, 11) is 0. The normalized spacial score (nSPS) is 11.6. The van der Waals surface area contributed by atoms with Gasteiger partial charge in [0.2, 0.25) is 0 Å². The number of carbonyl (C=O) groups excluding carboxylic acids is 1. The molecule has 44 heavy (non-hydrogen) atoms. The molecule has 6 heteroatoms. The maximum Gasteiger partial charge on any atom is 0.151 e. The Labute approximate surface area is 284 Å². The molecule has 0 saturated heterocycles. The van der Waals surface area contributed by atoms with E-state index in [1.54, 1.807) is 6.08 Å². The molecule has 1 unspecified atom stereocenters. The van der Waals surface area contributed by atoms with Gasteiger partial charge in [0.05, 0.1) is 6.10 Å². The SMILES string of the molecule is C=CC(O)c1c(C)c(Br)c2ccccc2c1-c1ccc(Cl)cc1.Cc1c(C=O)c(-c2ccc(Cl)cc2)c2ccccc2c1Br. The van der Waals surface area contributed by atoms with Crippen LogP contribution in [0.4, 0.5) is 0 Å². The summed E-state index contributed by atoms with van der Waals surface area (Å²) in [5.74, 6) is 0. The fourth-order valence-corrected chi connectivity index (χ4v) is 6.95. The van der Waals surface area contributed by atoms with Gasteiger partial charge in [0.15, 0.2) is 6.29 Å². The summed E-state index contributed by atoms with van der Waals surface area (Å²) in [6, 6.07) is 31.5. The fourth-order valence-electron chi connectivity index (χ4n) is 5.58. The third-order valence-corrected chi connectivity index (χ3v) is 10.3. The van der Waals surface area contributed by atoms with Gasteiger partial charge >= 0.3 is 0 Å². The minimum atomic E-state index is -0.735. The number of aliphatic hydroxyl groups is 1. The quantitative estimate of drug-likeness (QED) is 0.141. The molecule has 220 valence electrons. The molecule has 6 aromatic rings. The Morgan fingerprint density at radius 1 is 0.659 bits per heavy atom. The van der Waals surface area contributed by atoms with Crippen molar-refractivity contribution in [3.8, 4) is 22.3 Å². The highest BCUT2D eigenvalue weighted by Gasteiger charge is 2.21. The number of fused-ring (bicyclic) bond motifs is 2. The van der Waals surface area contributed by atoms with E-state index in [1.807, 2.05) is 92.7 Å². The Morgan fingerprint density at radius 2 is 1.07 bits per heavy atom. The van der Waals surface area contributed by atoms with Crippen LogP contribution in [0, 0.1) is 13.8 Å². The maximum absolute atomic E-state index is 11.6. The molecule has 0 saturated carbocycles. The van der Waals surface area contributed by atoms with Crippen LogP contribution < -0.4 is 0 Å². The highest BCUT2D eigenvalue weighted by Crippen LogP contribution is 2.43. The van der Waals surface area contributed by atoms with Crippen molar-refractivity contribution in [3.63, 3.8) is 0 Å². The molecule has 0 heterocycles. The van der Waals surface area contributed by atoms with E-state index in [2.05, 4.69) is 56.6 Å². The first kappa shape index (κ1) is 32.2. The van der Waals surface area contributed by atoms with Crippen molar-refractivity contribution < 1.29 is 9.90 Å². The lowest BCUT2D eigenvalue weighted by molar-refractivity contribution is 0.112. The van der Waals surface area contributed by atoms with Crippen molar-refractivity contribution in [2.24, 2.45) is 0 Å². The summed E-state index contributed by atoms with van der Waals surface area (Å²) in [5.41, 5.74) is 7.54. The Bertz CT molecular complexity index is 2020. The van der Waals surface area contributed by atoms with Crippen molar-refractivity contribution in [1.82, 2.24) is 0 Å². The second kappa shape index (κ2) is 13.8. The molecule has 0 fully saturated rings. The van der Waals surface area contributed by atoms with Crippen LogP contribution in [0.1, 0.15) is 33.2 Å². The van der Waals surface area contributed by atoms with Crippen molar-refractivity contribution >= 4 is 82.9 Å². The highest BCUT2D eigenvalue weighted by atomic mass is 79.9. The lowest BCUT2D eigenvalue weighted by atomic mass is 9.87. The van der Waals surface area contributed by atoms with E-state index in [9.17, 15) is 9.90 Å². The van der Waals surface area contributed by atoms with Gasteiger partial charge in [-0.15, -0.1) is 6.58 Å². The predicted molar refractivity (Wildman–Crippen MR) is 194 cm³/mol. The highest BCUT2D eigenvalue weighted by molar-refractivity contribution is 9.11. The van der Waals surface area contributed by atoms with Crippen LogP contribution in [0.2, 0.25) is 10.0 Å². The molecule has 0 radical (unpaired) electrons. The van der Waals surface area contributed by atoms with Gasteiger partial charge in [-0.2, -0.15) is 0 Å². The lowest BCUT2D eigenvalue weighted by Crippen LogP contribution is -2.02. The number of hydrogen-bond donors (Lipinski definition) is 1. The van der Waals surface area contributed by atoms with E-state index in [4.69, 9.17) is 23.2 Å². The van der Waals surface area contributed by atoms with E-state index in [0.717, 1.165) is 75.7 Å². The smallest absolute Gasteiger partial charge is 0.151 e. The number of aldehydes is 1. The molecular weight excluding hydrogens is 719 g/mol. The van der Waals surface area contributed by atoms with Crippen molar-refractivity contribution in [2.45, 2.75) is 20.0 Å². The van der Waals surface area contributed by atoms with Gasteiger partial charge < -0.3 is 5.11 Å². The molecule has 2 nitrogen and oxygen atoms in total. The molecular formula is C38H28Br2Cl2O2. The van der Waals surface area contributed by atoms with Crippen LogP contribution >= 0.6 is 55.1 Å². The number of rotatable bonds is 5. The zero-order chi connectivity index (χ0) is 31.5. The number of carbonyl (C=O) groups is 1. The average Bonchev–Trinajstić information content (AvgIpc) is 3.05. The maximum atomic E-state index is 11.6. The Morgan fingerprint density at radius 3 is 1.52 bits per heavy atom. The van der Waals surface area contributed by atoms with Crippen molar-refractivity contribution in [1.29, 1.82) is 0 Å². The van der Waals surface area contributed by atoms with Crippen molar-refractivity contribution in [2.75, 3.05) is 0 Å². The summed E-state index contributed by atoms with van der Waals surface area (Å²) in [6.45, 7) is 7.72. The Balaban J connectivity index is 0.000000175. The first-order valence-electron chi connectivity index (χ1n) is 13.9. The van der Waals surface area contributed by atoms with E-state index in [1.165, 1.54) is 0 Å². The molecule has 0 aliphatic rings. The standard InChI is InChI=1S/C20H16BrClO.C18H12BrClO/c1-3-17(23)18-12(2)20(21)16-7-5-4-6-15(16)19(18)13-8-10-14(22)11-9-13;1-11-16(10-21)17(12-6-8-13(20)9-7-12)14-4-2-3-5-15(14)18(11)19/h3-11,17,23H,1H2,2H3;2-10H,1H3. The molecule has 0 amide bonds. The van der Waals surface area contributed by atoms with Crippen molar-refractivity contribution in [3.05, 3.63) is 151 Å². The van der Waals surface area contributed by atoms with Gasteiger partial charge in [-0.25, -0.2) is 0 Å². The molecule has 1 atom stereocenters. The van der Waals surface area contributed by atoms with Crippen LogP contribution in [0.5, 0.6) is 0 Å². The second-order valence-corrected chi connectivity index (χ2v) is 12.8. The average molecular weight is 747 g/mol. The molecule has 0 bridgehead atoms. The third kappa shape index (κ3) is 6.15. The fraction of sp³-hybridized carbons (Fsp3) is 0.0789. The number of hydrogen-bond acceptors (Lipinski definition) is 2. The molecule has 6 rings (SSSR count). The first-order chi connectivity index (χ1) is 21.2. The number of benzene rings is 6. The monoisotopic (exact) mass is 744 g/mol. The van der Waals surface area contributed by atoms with E-state index < -0.39 is 6.10 Å². The van der Waals surface area contributed by atoms with Crippen LogP contribution in [0.15, 0.2) is 119 Å². The summed E-state index contributed by atoms with van der Waals surface area (Å²) < 4.78 is 1.97. The molecule has 0 aromatic heterocycles. The molecule has 0 aliphatic heterocycles. The first-order valence-corrected chi connectivity index (χ1v) is 16.2. The topological polar surface area (TPSA) is 37.3 Å². The Hall–Kier alpha value is -3.25. The van der Waals surface area contributed by atoms with E-state index in [0.29, 0.717) is 15.6 Å². The van der Waals surface area contributed by atoms with E-state index in [-0.39, 0.29) is 0 Å².